The van der Waals surface area contributed by atoms with Crippen LogP contribution in [0.1, 0.15) is 27.9 Å². The van der Waals surface area contributed by atoms with E-state index in [-0.39, 0.29) is 18.0 Å². The summed E-state index contributed by atoms with van der Waals surface area (Å²) in [5.41, 5.74) is 3.45. The Bertz CT molecular complexity index is 1040. The Hall–Kier alpha value is -3.94. The highest BCUT2D eigenvalue weighted by Crippen LogP contribution is 2.19. The van der Waals surface area contributed by atoms with Crippen molar-refractivity contribution in [3.05, 3.63) is 77.6 Å². The summed E-state index contributed by atoms with van der Waals surface area (Å²) in [7, 11) is 1.75. The number of benzene rings is 2. The average molecular weight is 391 g/mol. The topological polar surface area (TPSA) is 120 Å². The molecule has 1 heterocycles. The number of hydrogen-bond acceptors (Lipinski definition) is 5. The quantitative estimate of drug-likeness (QED) is 0.440. The fourth-order valence-corrected chi connectivity index (χ4v) is 2.79. The number of hydrogen-bond donors (Lipinski definition) is 4. The molecule has 0 spiro atoms. The zero-order chi connectivity index (χ0) is 20.8. The normalized spacial score (nSPS) is 10.4. The summed E-state index contributed by atoms with van der Waals surface area (Å²) in [6.45, 7) is 0.494. The minimum Gasteiger partial charge on any atom is -0.481 e. The number of amides is 1. The molecule has 0 aliphatic heterocycles. The van der Waals surface area contributed by atoms with Crippen LogP contribution in [0.25, 0.3) is 0 Å². The average Bonchev–Trinajstić information content (AvgIpc) is 3.14. The smallest absolute Gasteiger partial charge is 0.309 e. The number of aromatic nitrogens is 2. The van der Waals surface area contributed by atoms with E-state index in [1.807, 2.05) is 36.4 Å². The van der Waals surface area contributed by atoms with Crippen LogP contribution < -0.4 is 10.6 Å². The fourth-order valence-electron chi connectivity index (χ4n) is 2.79. The number of anilines is 2. The highest BCUT2D eigenvalue weighted by Gasteiger charge is 2.11. The van der Waals surface area contributed by atoms with E-state index >= 15 is 0 Å². The van der Waals surface area contributed by atoms with Gasteiger partial charge in [-0.05, 0) is 23.8 Å². The van der Waals surface area contributed by atoms with Crippen LogP contribution in [0.2, 0.25) is 0 Å². The second-order valence-corrected chi connectivity index (χ2v) is 6.50. The molecule has 29 heavy (non-hydrogen) atoms. The summed E-state index contributed by atoms with van der Waals surface area (Å²) in [5.74, 6) is -1.26. The van der Waals surface area contributed by atoms with Gasteiger partial charge in [0.1, 0.15) is 0 Å². The first-order chi connectivity index (χ1) is 13.9. The van der Waals surface area contributed by atoms with Crippen LogP contribution in [-0.2, 0) is 18.4 Å². The van der Waals surface area contributed by atoms with Crippen molar-refractivity contribution in [3.8, 4) is 0 Å². The summed E-state index contributed by atoms with van der Waals surface area (Å²) in [6, 6.07) is 14.5. The van der Waals surface area contributed by atoms with Gasteiger partial charge in [0.25, 0.3) is 5.91 Å². The van der Waals surface area contributed by atoms with Crippen LogP contribution in [0.5, 0.6) is 0 Å². The molecular formula is C21H21N5O3. The van der Waals surface area contributed by atoms with Gasteiger partial charge in [0.05, 0.1) is 23.9 Å². The van der Waals surface area contributed by atoms with Crippen LogP contribution in [0.3, 0.4) is 0 Å². The van der Waals surface area contributed by atoms with Gasteiger partial charge < -0.3 is 21.1 Å². The maximum atomic E-state index is 12.2. The summed E-state index contributed by atoms with van der Waals surface area (Å²) < 4.78 is 1.57. The summed E-state index contributed by atoms with van der Waals surface area (Å²) in [6.07, 6.45) is 2.82. The number of para-hydroxylation sites is 1. The third-order valence-electron chi connectivity index (χ3n) is 4.24. The summed E-state index contributed by atoms with van der Waals surface area (Å²) >= 11 is 0. The van der Waals surface area contributed by atoms with Gasteiger partial charge >= 0.3 is 5.97 Å². The van der Waals surface area contributed by atoms with Crippen molar-refractivity contribution in [2.45, 2.75) is 13.0 Å². The van der Waals surface area contributed by atoms with Crippen molar-refractivity contribution in [2.24, 2.45) is 7.05 Å². The number of carboxylic acid groups (broad SMARTS) is 1. The number of carbonyl (C=O) groups is 2. The van der Waals surface area contributed by atoms with E-state index in [0.717, 1.165) is 5.56 Å². The van der Waals surface area contributed by atoms with E-state index in [4.69, 9.17) is 10.5 Å². The number of aliphatic carboxylic acids is 1. The van der Waals surface area contributed by atoms with Crippen LogP contribution in [0, 0.1) is 5.41 Å². The highest BCUT2D eigenvalue weighted by molar-refractivity contribution is 6.10. The molecule has 148 valence electrons. The molecule has 0 saturated carbocycles. The second kappa shape index (κ2) is 8.83. The molecule has 0 radical (unpaired) electrons. The summed E-state index contributed by atoms with van der Waals surface area (Å²) in [4.78, 5) is 23.0. The van der Waals surface area contributed by atoms with Gasteiger partial charge in [-0.1, -0.05) is 30.3 Å². The Balaban J connectivity index is 1.62. The highest BCUT2D eigenvalue weighted by atomic mass is 16.4. The lowest BCUT2D eigenvalue weighted by molar-refractivity contribution is -0.135. The van der Waals surface area contributed by atoms with Crippen molar-refractivity contribution >= 4 is 29.0 Å². The third kappa shape index (κ3) is 5.29. The number of nitrogens with zero attached hydrogens (tertiary/aromatic N) is 2. The molecule has 8 heteroatoms. The lowest BCUT2D eigenvalue weighted by Gasteiger charge is -2.12. The Morgan fingerprint density at radius 2 is 1.86 bits per heavy atom. The molecule has 1 aromatic heterocycles. The molecule has 0 aliphatic rings. The molecule has 0 saturated heterocycles. The van der Waals surface area contributed by atoms with Crippen molar-refractivity contribution in [2.75, 3.05) is 10.6 Å². The van der Waals surface area contributed by atoms with Crippen molar-refractivity contribution in [1.82, 2.24) is 9.78 Å². The van der Waals surface area contributed by atoms with Crippen LogP contribution in [-0.4, -0.2) is 32.5 Å². The van der Waals surface area contributed by atoms with Gasteiger partial charge in [-0.25, -0.2) is 0 Å². The Labute approximate surface area is 167 Å². The number of carboxylic acids is 1. The van der Waals surface area contributed by atoms with Crippen molar-refractivity contribution < 1.29 is 14.7 Å². The largest absolute Gasteiger partial charge is 0.481 e. The predicted octanol–water partition coefficient (Wildman–Crippen LogP) is 3.13. The van der Waals surface area contributed by atoms with Gasteiger partial charge in [0.15, 0.2) is 0 Å². The first-order valence-electron chi connectivity index (χ1n) is 8.94. The monoisotopic (exact) mass is 391 g/mol. The van der Waals surface area contributed by atoms with E-state index in [1.54, 1.807) is 30.1 Å². The minimum absolute atomic E-state index is 0.0501. The third-order valence-corrected chi connectivity index (χ3v) is 4.24. The maximum Gasteiger partial charge on any atom is 0.309 e. The van der Waals surface area contributed by atoms with Crippen LogP contribution in [0.4, 0.5) is 11.4 Å². The molecule has 3 rings (SSSR count). The van der Waals surface area contributed by atoms with E-state index in [1.165, 1.54) is 6.20 Å². The number of rotatable bonds is 8. The molecule has 0 aliphatic carbocycles. The van der Waals surface area contributed by atoms with Gasteiger partial charge in [0.2, 0.25) is 0 Å². The lowest BCUT2D eigenvalue weighted by atomic mass is 10.0. The van der Waals surface area contributed by atoms with E-state index in [2.05, 4.69) is 15.7 Å². The number of aryl methyl sites for hydroxylation is 1. The number of nitrogens with one attached hydrogen (secondary N) is 3. The Morgan fingerprint density at radius 1 is 1.14 bits per heavy atom. The van der Waals surface area contributed by atoms with Crippen molar-refractivity contribution in [3.63, 3.8) is 0 Å². The predicted molar refractivity (Wildman–Crippen MR) is 110 cm³/mol. The summed E-state index contributed by atoms with van der Waals surface area (Å²) in [5, 5.41) is 26.9. The standard InChI is InChI=1S/C21H21N5O3/c1-26-13-15(12-24-26)21(29)25-16-8-6-14(7-9-16)11-23-19-5-3-2-4-17(19)18(22)10-20(27)28/h2-9,12-13,22-23H,10-11H2,1H3,(H,25,29)(H,27,28). The molecule has 1 amide bonds. The Morgan fingerprint density at radius 3 is 2.52 bits per heavy atom. The number of carbonyl (C=O) groups excluding carboxylic acids is 1. The lowest BCUT2D eigenvalue weighted by Crippen LogP contribution is -2.11. The van der Waals surface area contributed by atoms with Gasteiger partial charge in [-0.2, -0.15) is 5.10 Å². The van der Waals surface area contributed by atoms with Crippen LogP contribution in [0.15, 0.2) is 60.9 Å². The molecule has 2 aromatic carbocycles. The van der Waals surface area contributed by atoms with E-state index < -0.39 is 5.97 Å². The first kappa shape index (κ1) is 19.8. The fraction of sp³-hybridized carbons (Fsp3) is 0.143. The van der Waals surface area contributed by atoms with Crippen molar-refractivity contribution in [1.29, 1.82) is 5.41 Å². The molecule has 0 unspecified atom stereocenters. The van der Waals surface area contributed by atoms with Gasteiger partial charge in [0, 0.05) is 36.7 Å². The molecule has 3 aromatic rings. The second-order valence-electron chi connectivity index (χ2n) is 6.50. The Kier molecular flexibility index (Phi) is 6.03. The molecule has 0 atom stereocenters. The van der Waals surface area contributed by atoms with Crippen LogP contribution >= 0.6 is 0 Å². The SMILES string of the molecule is Cn1cc(C(=O)Nc2ccc(CNc3ccccc3C(=N)CC(=O)O)cc2)cn1. The molecule has 0 bridgehead atoms. The molecular weight excluding hydrogens is 370 g/mol. The van der Waals surface area contributed by atoms with E-state index in [9.17, 15) is 9.59 Å². The first-order valence-corrected chi connectivity index (χ1v) is 8.94. The minimum atomic E-state index is -1.03. The molecule has 0 fully saturated rings. The maximum absolute atomic E-state index is 12.2. The van der Waals surface area contributed by atoms with Gasteiger partial charge in [-0.3, -0.25) is 14.3 Å². The van der Waals surface area contributed by atoms with Gasteiger partial charge in [-0.15, -0.1) is 0 Å². The zero-order valence-corrected chi connectivity index (χ0v) is 15.8. The van der Waals surface area contributed by atoms with E-state index in [0.29, 0.717) is 29.0 Å². The molecule has 8 nitrogen and oxygen atoms in total. The zero-order valence-electron chi connectivity index (χ0n) is 15.8. The molecule has 4 N–H and O–H groups in total.